The Bertz CT molecular complexity index is 679. The Morgan fingerprint density at radius 3 is 2.62 bits per heavy atom. The van der Waals surface area contributed by atoms with Crippen molar-refractivity contribution >= 4 is 57.2 Å². The number of aliphatic imine (C=N–C) groups is 1. The lowest BCUT2D eigenvalue weighted by atomic mass is 9.97. The molecule has 2 aromatic heterocycles. The van der Waals surface area contributed by atoms with Gasteiger partial charge in [0.15, 0.2) is 11.8 Å². The molecule has 0 aromatic carbocycles. The average Bonchev–Trinajstić information content (AvgIpc) is 3.08. The number of nitrogens with zero attached hydrogens (tertiary/aromatic N) is 4. The molecular weight excluding hydrogens is 505 g/mol. The van der Waals surface area contributed by atoms with E-state index in [-0.39, 0.29) is 29.4 Å². The van der Waals surface area contributed by atoms with E-state index < -0.39 is 0 Å². The van der Waals surface area contributed by atoms with Crippen molar-refractivity contribution < 1.29 is 4.52 Å². The second kappa shape index (κ2) is 9.14. The van der Waals surface area contributed by atoms with Crippen LogP contribution in [0.15, 0.2) is 25.4 Å². The molecule has 0 saturated carbocycles. The molecule has 0 aliphatic rings. The summed E-state index contributed by atoms with van der Waals surface area (Å²) in [5.41, 5.74) is -0.143. The van der Waals surface area contributed by atoms with Gasteiger partial charge < -0.3 is 14.7 Å². The van der Waals surface area contributed by atoms with Gasteiger partial charge in [-0.3, -0.25) is 4.99 Å². The Morgan fingerprint density at radius 1 is 1.42 bits per heavy atom. The smallest absolute Gasteiger partial charge is 0.232 e. The fourth-order valence-corrected chi connectivity index (χ4v) is 3.46. The Labute approximate surface area is 172 Å². The maximum absolute atomic E-state index is 5.30. The summed E-state index contributed by atoms with van der Waals surface area (Å²) in [6.07, 6.45) is 0. The zero-order valence-electron chi connectivity index (χ0n) is 14.5. The largest absolute Gasteiger partial charge is 0.349 e. The molecule has 9 heteroatoms. The van der Waals surface area contributed by atoms with E-state index >= 15 is 0 Å². The summed E-state index contributed by atoms with van der Waals surface area (Å²) in [6.45, 7) is 7.40. The normalized spacial score (nSPS) is 12.0. The standard InChI is InChI=1S/C15H22BrN5OS.HI/c1-15(2,3)13-19-12(20-22-13)8-18-14(17-4)21(5)9-10-6-7-11(16)23-10;/h6-7H,8-9H2,1-5H3,(H,17,18);1H. The zero-order chi connectivity index (χ0) is 17.0. The Morgan fingerprint density at radius 2 is 2.12 bits per heavy atom. The highest BCUT2D eigenvalue weighted by Gasteiger charge is 2.21. The molecule has 0 spiro atoms. The Kier molecular flexibility index (Phi) is 8.13. The van der Waals surface area contributed by atoms with Crippen LogP contribution in [0.1, 0.15) is 37.4 Å². The Hall–Kier alpha value is -0.680. The molecular formula is C15H23BrIN5OS. The first-order chi connectivity index (χ1) is 10.8. The van der Waals surface area contributed by atoms with Crippen LogP contribution in [-0.4, -0.2) is 35.1 Å². The number of aromatic nitrogens is 2. The third-order valence-electron chi connectivity index (χ3n) is 3.11. The third kappa shape index (κ3) is 5.99. The predicted octanol–water partition coefficient (Wildman–Crippen LogP) is 4.02. The summed E-state index contributed by atoms with van der Waals surface area (Å²) in [6, 6.07) is 4.16. The molecule has 0 saturated heterocycles. The summed E-state index contributed by atoms with van der Waals surface area (Å²) in [7, 11) is 3.76. The molecule has 1 N–H and O–H groups in total. The highest BCUT2D eigenvalue weighted by Crippen LogP contribution is 2.23. The molecule has 0 amide bonds. The molecule has 0 aliphatic heterocycles. The van der Waals surface area contributed by atoms with Gasteiger partial charge in [-0.25, -0.2) is 0 Å². The highest BCUT2D eigenvalue weighted by molar-refractivity contribution is 14.0. The van der Waals surface area contributed by atoms with Crippen LogP contribution >= 0.6 is 51.2 Å². The number of guanidine groups is 1. The molecule has 0 radical (unpaired) electrons. The van der Waals surface area contributed by atoms with Crippen LogP contribution in [0, 0.1) is 0 Å². The van der Waals surface area contributed by atoms with Crippen molar-refractivity contribution in [1.82, 2.24) is 20.4 Å². The van der Waals surface area contributed by atoms with Crippen molar-refractivity contribution in [3.8, 4) is 0 Å². The van der Waals surface area contributed by atoms with Crippen LogP contribution in [0.5, 0.6) is 0 Å². The summed E-state index contributed by atoms with van der Waals surface area (Å²) in [5, 5.41) is 7.27. The van der Waals surface area contributed by atoms with E-state index in [1.54, 1.807) is 18.4 Å². The molecule has 0 aliphatic carbocycles. The molecule has 2 aromatic rings. The van der Waals surface area contributed by atoms with Crippen molar-refractivity contribution in [1.29, 1.82) is 0 Å². The first-order valence-corrected chi connectivity index (χ1v) is 8.89. The van der Waals surface area contributed by atoms with E-state index in [1.807, 2.05) is 27.8 Å². The number of nitrogens with one attached hydrogen (secondary N) is 1. The summed E-state index contributed by atoms with van der Waals surface area (Å²) >= 11 is 5.20. The van der Waals surface area contributed by atoms with Crippen LogP contribution in [0.2, 0.25) is 0 Å². The molecule has 0 atom stereocenters. The van der Waals surface area contributed by atoms with Gasteiger partial charge in [0.1, 0.15) is 0 Å². The van der Waals surface area contributed by atoms with Crippen molar-refractivity contribution in [2.24, 2.45) is 4.99 Å². The van der Waals surface area contributed by atoms with Crippen LogP contribution in [-0.2, 0) is 18.5 Å². The minimum Gasteiger partial charge on any atom is -0.349 e. The van der Waals surface area contributed by atoms with Crippen LogP contribution < -0.4 is 5.32 Å². The van der Waals surface area contributed by atoms with Crippen molar-refractivity contribution in [2.45, 2.75) is 39.3 Å². The first-order valence-electron chi connectivity index (χ1n) is 7.28. The number of hydrogen-bond acceptors (Lipinski definition) is 5. The highest BCUT2D eigenvalue weighted by atomic mass is 127. The maximum Gasteiger partial charge on any atom is 0.232 e. The van der Waals surface area contributed by atoms with E-state index in [4.69, 9.17) is 4.52 Å². The molecule has 6 nitrogen and oxygen atoms in total. The molecule has 2 heterocycles. The van der Waals surface area contributed by atoms with Gasteiger partial charge in [-0.15, -0.1) is 35.3 Å². The second-order valence-electron chi connectivity index (χ2n) is 6.23. The molecule has 134 valence electrons. The van der Waals surface area contributed by atoms with Gasteiger partial charge in [0.05, 0.1) is 16.9 Å². The monoisotopic (exact) mass is 527 g/mol. The molecule has 0 fully saturated rings. The quantitative estimate of drug-likeness (QED) is 0.369. The third-order valence-corrected chi connectivity index (χ3v) is 4.72. The molecule has 0 unspecified atom stereocenters. The topological polar surface area (TPSA) is 66.5 Å². The number of thiophene rings is 1. The van der Waals surface area contributed by atoms with Crippen LogP contribution in [0.4, 0.5) is 0 Å². The van der Waals surface area contributed by atoms with E-state index in [2.05, 4.69) is 53.4 Å². The van der Waals surface area contributed by atoms with E-state index in [1.165, 1.54) is 4.88 Å². The zero-order valence-corrected chi connectivity index (χ0v) is 19.2. The van der Waals surface area contributed by atoms with Crippen LogP contribution in [0.25, 0.3) is 0 Å². The van der Waals surface area contributed by atoms with Gasteiger partial charge in [0, 0.05) is 24.4 Å². The van der Waals surface area contributed by atoms with Crippen molar-refractivity contribution in [3.63, 3.8) is 0 Å². The molecule has 2 rings (SSSR count). The number of rotatable bonds is 4. The van der Waals surface area contributed by atoms with Crippen LogP contribution in [0.3, 0.4) is 0 Å². The Balaban J connectivity index is 0.00000288. The second-order valence-corrected chi connectivity index (χ2v) is 8.78. The fourth-order valence-electron chi connectivity index (χ4n) is 1.92. The lowest BCUT2D eigenvalue weighted by molar-refractivity contribution is 0.318. The lowest BCUT2D eigenvalue weighted by Gasteiger charge is -2.20. The first kappa shape index (κ1) is 21.4. The van der Waals surface area contributed by atoms with Gasteiger partial charge in [0.25, 0.3) is 0 Å². The summed E-state index contributed by atoms with van der Waals surface area (Å²) in [4.78, 5) is 12.0. The van der Waals surface area contributed by atoms with E-state index in [9.17, 15) is 0 Å². The molecule has 24 heavy (non-hydrogen) atoms. The van der Waals surface area contributed by atoms with Gasteiger partial charge in [-0.2, -0.15) is 4.98 Å². The molecule has 0 bridgehead atoms. The lowest BCUT2D eigenvalue weighted by Crippen LogP contribution is -2.38. The fraction of sp³-hybridized carbons (Fsp3) is 0.533. The minimum atomic E-state index is -0.143. The average molecular weight is 528 g/mol. The summed E-state index contributed by atoms with van der Waals surface area (Å²) in [5.74, 6) is 2.06. The van der Waals surface area contributed by atoms with Gasteiger partial charge in [-0.1, -0.05) is 25.9 Å². The van der Waals surface area contributed by atoms with Crippen molar-refractivity contribution in [2.75, 3.05) is 14.1 Å². The number of halogens is 2. The van der Waals surface area contributed by atoms with E-state index in [0.29, 0.717) is 18.3 Å². The maximum atomic E-state index is 5.30. The number of hydrogen-bond donors (Lipinski definition) is 1. The minimum absolute atomic E-state index is 0. The van der Waals surface area contributed by atoms with Gasteiger partial charge in [-0.05, 0) is 28.1 Å². The van der Waals surface area contributed by atoms with Gasteiger partial charge in [0.2, 0.25) is 5.89 Å². The van der Waals surface area contributed by atoms with Crippen molar-refractivity contribution in [3.05, 3.63) is 32.5 Å². The SMILES string of the molecule is CN=C(NCc1noc(C(C)(C)C)n1)N(C)Cc1ccc(Br)s1.I. The van der Waals surface area contributed by atoms with Gasteiger partial charge >= 0.3 is 0 Å². The summed E-state index contributed by atoms with van der Waals surface area (Å²) < 4.78 is 6.43. The predicted molar refractivity (Wildman–Crippen MR) is 112 cm³/mol. The van der Waals surface area contributed by atoms with E-state index in [0.717, 1.165) is 16.3 Å².